The molecule has 1 atom stereocenters. The quantitative estimate of drug-likeness (QED) is 0.873. The second-order valence-corrected chi connectivity index (χ2v) is 5.66. The largest absolute Gasteiger partial charge is 0.371 e. The van der Waals surface area contributed by atoms with Crippen LogP contribution in [0.25, 0.3) is 0 Å². The van der Waals surface area contributed by atoms with Gasteiger partial charge < -0.3 is 9.30 Å². The molecule has 0 bridgehead atoms. The topological polar surface area (TPSA) is 30.3 Å². The van der Waals surface area contributed by atoms with E-state index in [1.807, 2.05) is 17.8 Å². The standard InChI is InChI=1S/C15H17ClFN3O/c1-19-10-18-7-12(19)8-20-4-5-21-15(9-20)13-3-2-11(17)6-14(13)16/h2-3,6-7,10,15H,4-5,8-9H2,1H3/t15-/m1/s1. The van der Waals surface area contributed by atoms with Crippen LogP contribution < -0.4 is 0 Å². The van der Waals surface area contributed by atoms with E-state index >= 15 is 0 Å². The van der Waals surface area contributed by atoms with E-state index < -0.39 is 0 Å². The van der Waals surface area contributed by atoms with Crippen molar-refractivity contribution >= 4 is 11.6 Å². The molecule has 0 amide bonds. The van der Waals surface area contributed by atoms with Crippen molar-refractivity contribution in [3.05, 3.63) is 52.8 Å². The Balaban J connectivity index is 1.72. The van der Waals surface area contributed by atoms with E-state index in [4.69, 9.17) is 16.3 Å². The normalized spacial score (nSPS) is 19.9. The Bertz CT molecular complexity index is 631. The summed E-state index contributed by atoms with van der Waals surface area (Å²) in [5, 5.41) is 0.419. The number of hydrogen-bond acceptors (Lipinski definition) is 3. The summed E-state index contributed by atoms with van der Waals surface area (Å²) in [6, 6.07) is 4.46. The summed E-state index contributed by atoms with van der Waals surface area (Å²) < 4.78 is 20.9. The first kappa shape index (κ1) is 14.5. The molecular formula is C15H17ClFN3O. The van der Waals surface area contributed by atoms with Crippen molar-refractivity contribution in [1.29, 1.82) is 0 Å². The maximum Gasteiger partial charge on any atom is 0.124 e. The Labute approximate surface area is 128 Å². The van der Waals surface area contributed by atoms with E-state index in [1.165, 1.54) is 12.1 Å². The molecule has 1 aromatic heterocycles. The Morgan fingerprint density at radius 3 is 3.05 bits per heavy atom. The maximum absolute atomic E-state index is 13.1. The van der Waals surface area contributed by atoms with Gasteiger partial charge in [0.25, 0.3) is 0 Å². The summed E-state index contributed by atoms with van der Waals surface area (Å²) in [6.45, 7) is 3.04. The first-order valence-electron chi connectivity index (χ1n) is 6.87. The van der Waals surface area contributed by atoms with Crippen LogP contribution in [0.5, 0.6) is 0 Å². The van der Waals surface area contributed by atoms with Crippen molar-refractivity contribution in [2.75, 3.05) is 19.7 Å². The van der Waals surface area contributed by atoms with Gasteiger partial charge in [0.15, 0.2) is 0 Å². The molecule has 0 radical (unpaired) electrons. The number of halogens is 2. The van der Waals surface area contributed by atoms with E-state index in [-0.39, 0.29) is 11.9 Å². The summed E-state index contributed by atoms with van der Waals surface area (Å²) in [5.41, 5.74) is 1.99. The van der Waals surface area contributed by atoms with Gasteiger partial charge in [0.2, 0.25) is 0 Å². The second kappa shape index (κ2) is 6.13. The lowest BCUT2D eigenvalue weighted by Gasteiger charge is -2.33. The van der Waals surface area contributed by atoms with E-state index in [0.717, 1.165) is 30.9 Å². The molecule has 4 nitrogen and oxygen atoms in total. The monoisotopic (exact) mass is 309 g/mol. The number of benzene rings is 1. The third-order valence-corrected chi connectivity index (χ3v) is 4.09. The number of imidazole rings is 1. The summed E-state index contributed by atoms with van der Waals surface area (Å²) in [4.78, 5) is 6.43. The highest BCUT2D eigenvalue weighted by Crippen LogP contribution is 2.29. The fourth-order valence-corrected chi connectivity index (χ4v) is 2.85. The predicted octanol–water partition coefficient (Wildman–Crippen LogP) is 2.79. The molecule has 2 heterocycles. The first-order chi connectivity index (χ1) is 10.1. The summed E-state index contributed by atoms with van der Waals surface area (Å²) in [6.07, 6.45) is 3.54. The zero-order valence-electron chi connectivity index (χ0n) is 11.8. The van der Waals surface area contributed by atoms with E-state index in [0.29, 0.717) is 11.6 Å². The van der Waals surface area contributed by atoms with Crippen LogP contribution in [0.1, 0.15) is 17.4 Å². The molecule has 0 spiro atoms. The highest BCUT2D eigenvalue weighted by Gasteiger charge is 2.24. The molecule has 0 saturated carbocycles. The molecule has 0 N–H and O–H groups in total. The molecule has 1 aliphatic rings. The maximum atomic E-state index is 13.1. The molecule has 2 aromatic rings. The molecule has 6 heteroatoms. The number of hydrogen-bond donors (Lipinski definition) is 0. The number of rotatable bonds is 3. The Kier molecular flexibility index (Phi) is 4.24. The van der Waals surface area contributed by atoms with Gasteiger partial charge in [-0.2, -0.15) is 0 Å². The Morgan fingerprint density at radius 2 is 2.33 bits per heavy atom. The van der Waals surface area contributed by atoms with Crippen molar-refractivity contribution < 1.29 is 9.13 Å². The molecule has 3 rings (SSSR count). The lowest BCUT2D eigenvalue weighted by Crippen LogP contribution is -2.38. The van der Waals surface area contributed by atoms with Gasteiger partial charge in [-0.15, -0.1) is 0 Å². The second-order valence-electron chi connectivity index (χ2n) is 5.26. The van der Waals surface area contributed by atoms with Crippen molar-refractivity contribution in [2.45, 2.75) is 12.6 Å². The van der Waals surface area contributed by atoms with Crippen LogP contribution in [0, 0.1) is 5.82 Å². The smallest absolute Gasteiger partial charge is 0.124 e. The summed E-state index contributed by atoms with van der Waals surface area (Å²) in [5.74, 6) is -0.327. The SMILES string of the molecule is Cn1cncc1CN1CCO[C@@H](c2ccc(F)cc2Cl)C1. The van der Waals surface area contributed by atoms with Gasteiger partial charge >= 0.3 is 0 Å². The predicted molar refractivity (Wildman–Crippen MR) is 78.6 cm³/mol. The molecule has 1 aliphatic heterocycles. The van der Waals surface area contributed by atoms with E-state index in [9.17, 15) is 4.39 Å². The van der Waals surface area contributed by atoms with Crippen LogP contribution in [0.4, 0.5) is 4.39 Å². The van der Waals surface area contributed by atoms with Gasteiger partial charge in [0.05, 0.1) is 24.7 Å². The van der Waals surface area contributed by atoms with Gasteiger partial charge in [-0.1, -0.05) is 17.7 Å². The molecule has 1 saturated heterocycles. The number of aromatic nitrogens is 2. The van der Waals surface area contributed by atoms with E-state index in [1.54, 1.807) is 12.4 Å². The number of morpholine rings is 1. The highest BCUT2D eigenvalue weighted by molar-refractivity contribution is 6.31. The van der Waals surface area contributed by atoms with Crippen LogP contribution in [0.2, 0.25) is 5.02 Å². The van der Waals surface area contributed by atoms with Crippen LogP contribution in [-0.4, -0.2) is 34.1 Å². The van der Waals surface area contributed by atoms with Gasteiger partial charge in [-0.25, -0.2) is 9.37 Å². The van der Waals surface area contributed by atoms with Crippen LogP contribution in [0.15, 0.2) is 30.7 Å². The minimum atomic E-state index is -0.327. The number of aryl methyl sites for hydroxylation is 1. The lowest BCUT2D eigenvalue weighted by molar-refractivity contribution is -0.0334. The van der Waals surface area contributed by atoms with Gasteiger partial charge in [-0.05, 0) is 12.1 Å². The summed E-state index contributed by atoms with van der Waals surface area (Å²) in [7, 11) is 1.98. The zero-order valence-corrected chi connectivity index (χ0v) is 12.6. The highest BCUT2D eigenvalue weighted by atomic mass is 35.5. The fourth-order valence-electron chi connectivity index (χ4n) is 2.56. The average Bonchev–Trinajstić information content (AvgIpc) is 2.84. The van der Waals surface area contributed by atoms with Gasteiger partial charge in [0, 0.05) is 43.5 Å². The van der Waals surface area contributed by atoms with Gasteiger partial charge in [0.1, 0.15) is 5.82 Å². The first-order valence-corrected chi connectivity index (χ1v) is 7.25. The van der Waals surface area contributed by atoms with Crippen LogP contribution in [-0.2, 0) is 18.3 Å². The Morgan fingerprint density at radius 1 is 1.48 bits per heavy atom. The van der Waals surface area contributed by atoms with Crippen molar-refractivity contribution in [2.24, 2.45) is 7.05 Å². The molecular weight excluding hydrogens is 293 g/mol. The fraction of sp³-hybridized carbons (Fsp3) is 0.400. The number of ether oxygens (including phenoxy) is 1. The van der Waals surface area contributed by atoms with Gasteiger partial charge in [-0.3, -0.25) is 4.90 Å². The molecule has 21 heavy (non-hydrogen) atoms. The molecule has 112 valence electrons. The van der Waals surface area contributed by atoms with Crippen LogP contribution >= 0.6 is 11.6 Å². The molecule has 0 unspecified atom stereocenters. The van der Waals surface area contributed by atoms with Crippen molar-refractivity contribution in [1.82, 2.24) is 14.5 Å². The molecule has 1 fully saturated rings. The minimum Gasteiger partial charge on any atom is -0.371 e. The zero-order chi connectivity index (χ0) is 14.8. The van der Waals surface area contributed by atoms with Crippen molar-refractivity contribution in [3.8, 4) is 0 Å². The Hall–Kier alpha value is -1.43. The average molecular weight is 310 g/mol. The third-order valence-electron chi connectivity index (χ3n) is 3.76. The molecule has 0 aliphatic carbocycles. The van der Waals surface area contributed by atoms with E-state index in [2.05, 4.69) is 9.88 Å². The summed E-state index contributed by atoms with van der Waals surface area (Å²) >= 11 is 6.13. The lowest BCUT2D eigenvalue weighted by atomic mass is 10.1. The minimum absolute atomic E-state index is 0.125. The van der Waals surface area contributed by atoms with Crippen molar-refractivity contribution in [3.63, 3.8) is 0 Å². The molecule has 1 aromatic carbocycles. The third kappa shape index (κ3) is 3.26. The number of nitrogens with zero attached hydrogens (tertiary/aromatic N) is 3. The van der Waals surface area contributed by atoms with Crippen LogP contribution in [0.3, 0.4) is 0 Å².